The van der Waals surface area contributed by atoms with Gasteiger partial charge in [0, 0.05) is 32.0 Å². The van der Waals surface area contributed by atoms with E-state index in [1.807, 2.05) is 11.0 Å². The lowest BCUT2D eigenvalue weighted by Crippen LogP contribution is -2.43. The van der Waals surface area contributed by atoms with Crippen molar-refractivity contribution < 1.29 is 14.7 Å². The van der Waals surface area contributed by atoms with Crippen molar-refractivity contribution in [1.82, 2.24) is 15.1 Å². The Morgan fingerprint density at radius 1 is 1.19 bits per heavy atom. The van der Waals surface area contributed by atoms with Gasteiger partial charge in [-0.3, -0.25) is 4.79 Å². The molecule has 2 aliphatic rings. The van der Waals surface area contributed by atoms with Crippen molar-refractivity contribution in [3.05, 3.63) is 33.8 Å². The molecule has 0 radical (unpaired) electrons. The van der Waals surface area contributed by atoms with Gasteiger partial charge in [-0.2, -0.15) is 0 Å². The van der Waals surface area contributed by atoms with Gasteiger partial charge in [-0.1, -0.05) is 29.3 Å². The van der Waals surface area contributed by atoms with E-state index in [4.69, 9.17) is 23.2 Å². The van der Waals surface area contributed by atoms with Crippen LogP contribution >= 0.6 is 23.2 Å². The Morgan fingerprint density at radius 3 is 2.50 bits per heavy atom. The highest BCUT2D eigenvalue weighted by Gasteiger charge is 2.41. The lowest BCUT2D eigenvalue weighted by Gasteiger charge is -2.27. The minimum absolute atomic E-state index is 0.0135. The third-order valence-electron chi connectivity index (χ3n) is 5.46. The Bertz CT molecular complexity index is 694. The van der Waals surface area contributed by atoms with Crippen LogP contribution in [-0.2, 0) is 4.79 Å². The number of hydrogen-bond donors (Lipinski definition) is 2. The Labute approximate surface area is 163 Å². The van der Waals surface area contributed by atoms with E-state index in [9.17, 15) is 14.7 Å². The van der Waals surface area contributed by atoms with E-state index in [0.717, 1.165) is 31.5 Å². The third kappa shape index (κ3) is 3.92. The molecule has 2 heterocycles. The largest absolute Gasteiger partial charge is 0.465 e. The zero-order valence-corrected chi connectivity index (χ0v) is 16.1. The van der Waals surface area contributed by atoms with E-state index in [0.29, 0.717) is 23.1 Å². The molecular formula is C18H23Cl2N3O3. The average Bonchev–Trinajstić information content (AvgIpc) is 3.08. The molecule has 2 aliphatic heterocycles. The Balaban J connectivity index is 1.84. The normalized spacial score (nSPS) is 23.9. The van der Waals surface area contributed by atoms with E-state index in [2.05, 4.69) is 5.32 Å². The molecule has 2 atom stereocenters. The van der Waals surface area contributed by atoms with Gasteiger partial charge in [-0.25, -0.2) is 4.79 Å². The Morgan fingerprint density at radius 2 is 1.88 bits per heavy atom. The quantitative estimate of drug-likeness (QED) is 0.819. The Kier molecular flexibility index (Phi) is 5.95. The van der Waals surface area contributed by atoms with Crippen LogP contribution in [0.3, 0.4) is 0 Å². The minimum Gasteiger partial charge on any atom is -0.465 e. The second-order valence-corrected chi connectivity index (χ2v) is 7.82. The zero-order valence-electron chi connectivity index (χ0n) is 14.6. The molecule has 2 fully saturated rings. The van der Waals surface area contributed by atoms with Crippen molar-refractivity contribution in [2.75, 3.05) is 33.2 Å². The second-order valence-electron chi connectivity index (χ2n) is 7.01. The number of nitrogens with zero attached hydrogens (tertiary/aromatic N) is 2. The third-order valence-corrected chi connectivity index (χ3v) is 6.20. The number of carboxylic acid groups (broad SMARTS) is 1. The number of halogens is 2. The number of carbonyl (C=O) groups is 2. The number of nitrogens with one attached hydrogen (secondary N) is 1. The first kappa shape index (κ1) is 19.3. The summed E-state index contributed by atoms with van der Waals surface area (Å²) >= 11 is 12.2. The fraction of sp³-hybridized carbons (Fsp3) is 0.556. The highest BCUT2D eigenvalue weighted by molar-refractivity contribution is 6.42. The number of rotatable bonds is 3. The molecule has 6 nitrogen and oxygen atoms in total. The van der Waals surface area contributed by atoms with Crippen molar-refractivity contribution >= 4 is 35.2 Å². The van der Waals surface area contributed by atoms with Crippen LogP contribution in [0.15, 0.2) is 18.2 Å². The highest BCUT2D eigenvalue weighted by Crippen LogP contribution is 2.35. The van der Waals surface area contributed by atoms with Crippen LogP contribution < -0.4 is 5.32 Å². The number of amides is 2. The molecule has 142 valence electrons. The van der Waals surface area contributed by atoms with Crippen LogP contribution in [0.4, 0.5) is 4.79 Å². The fourth-order valence-corrected chi connectivity index (χ4v) is 4.21. The summed E-state index contributed by atoms with van der Waals surface area (Å²) in [6.45, 7) is 2.58. The number of hydrogen-bond acceptors (Lipinski definition) is 3. The number of carbonyl (C=O) groups excluding carboxylic acids is 1. The molecular weight excluding hydrogens is 377 g/mol. The van der Waals surface area contributed by atoms with Gasteiger partial charge in [0.05, 0.1) is 16.1 Å². The summed E-state index contributed by atoms with van der Waals surface area (Å²) in [5.74, 6) is 0.00831. The van der Waals surface area contributed by atoms with Gasteiger partial charge in [0.1, 0.15) is 0 Å². The lowest BCUT2D eigenvalue weighted by molar-refractivity contribution is -0.135. The SMILES string of the molecule is CN(C(=O)O)[C@H]1CN(C(=O)C2CCNCC2)C[C@@H]1c1ccc(Cl)c(Cl)c1. The van der Waals surface area contributed by atoms with Crippen LogP contribution in [-0.4, -0.2) is 66.2 Å². The van der Waals surface area contributed by atoms with Crippen molar-refractivity contribution in [1.29, 1.82) is 0 Å². The average molecular weight is 400 g/mol. The predicted octanol–water partition coefficient (Wildman–Crippen LogP) is 2.90. The summed E-state index contributed by atoms with van der Waals surface area (Å²) < 4.78 is 0. The molecule has 2 N–H and O–H groups in total. The molecule has 3 rings (SSSR count). The summed E-state index contributed by atoms with van der Waals surface area (Å²) in [7, 11) is 1.55. The maximum Gasteiger partial charge on any atom is 0.407 e. The highest BCUT2D eigenvalue weighted by atomic mass is 35.5. The van der Waals surface area contributed by atoms with Gasteiger partial charge in [-0.05, 0) is 43.6 Å². The first-order chi connectivity index (χ1) is 12.4. The summed E-state index contributed by atoms with van der Waals surface area (Å²) in [5, 5.41) is 13.6. The van der Waals surface area contributed by atoms with Crippen molar-refractivity contribution in [2.24, 2.45) is 5.92 Å². The molecule has 26 heavy (non-hydrogen) atoms. The van der Waals surface area contributed by atoms with Gasteiger partial charge in [0.15, 0.2) is 0 Å². The van der Waals surface area contributed by atoms with Crippen molar-refractivity contribution in [3.8, 4) is 0 Å². The van der Waals surface area contributed by atoms with Gasteiger partial charge >= 0.3 is 6.09 Å². The smallest absolute Gasteiger partial charge is 0.407 e. The van der Waals surface area contributed by atoms with Crippen LogP contribution in [0.5, 0.6) is 0 Å². The predicted molar refractivity (Wildman–Crippen MR) is 101 cm³/mol. The first-order valence-corrected chi connectivity index (χ1v) is 9.54. The standard InChI is InChI=1S/C18H23Cl2N3O3/c1-22(18(25)26)16-10-23(17(24)11-4-6-21-7-5-11)9-13(16)12-2-3-14(19)15(20)8-12/h2-3,8,11,13,16,21H,4-7,9-10H2,1H3,(H,25,26)/t13-,16+/m1/s1. The number of piperidine rings is 1. The summed E-state index contributed by atoms with van der Waals surface area (Å²) in [6, 6.07) is 5.04. The number of likely N-dealkylation sites (tertiary alicyclic amines) is 1. The molecule has 0 bridgehead atoms. The van der Waals surface area contributed by atoms with E-state index in [1.165, 1.54) is 4.90 Å². The molecule has 0 aliphatic carbocycles. The topological polar surface area (TPSA) is 72.9 Å². The van der Waals surface area contributed by atoms with Crippen LogP contribution in [0.1, 0.15) is 24.3 Å². The monoisotopic (exact) mass is 399 g/mol. The minimum atomic E-state index is -1.00. The molecule has 0 unspecified atom stereocenters. The summed E-state index contributed by atoms with van der Waals surface area (Å²) in [6.07, 6.45) is 0.648. The lowest BCUT2D eigenvalue weighted by atomic mass is 9.93. The number of likely N-dealkylation sites (N-methyl/N-ethyl adjacent to an activating group) is 1. The molecule has 2 saturated heterocycles. The molecule has 1 aromatic rings. The van der Waals surface area contributed by atoms with Gasteiger partial charge in [0.25, 0.3) is 0 Å². The molecule has 8 heteroatoms. The van der Waals surface area contributed by atoms with E-state index < -0.39 is 6.09 Å². The summed E-state index contributed by atoms with van der Waals surface area (Å²) in [4.78, 5) is 27.6. The van der Waals surface area contributed by atoms with Crippen LogP contribution in [0, 0.1) is 5.92 Å². The maximum atomic E-state index is 12.9. The molecule has 2 amide bonds. The fourth-order valence-electron chi connectivity index (χ4n) is 3.90. The first-order valence-electron chi connectivity index (χ1n) is 8.78. The molecule has 0 spiro atoms. The van der Waals surface area contributed by atoms with Crippen LogP contribution in [0.2, 0.25) is 10.0 Å². The molecule has 1 aromatic carbocycles. The van der Waals surface area contributed by atoms with Gasteiger partial charge < -0.3 is 20.2 Å². The van der Waals surface area contributed by atoms with Gasteiger partial charge in [-0.15, -0.1) is 0 Å². The Hall–Kier alpha value is -1.50. The van der Waals surface area contributed by atoms with Crippen molar-refractivity contribution in [3.63, 3.8) is 0 Å². The molecule has 0 saturated carbocycles. The second kappa shape index (κ2) is 8.03. The summed E-state index contributed by atoms with van der Waals surface area (Å²) in [5.41, 5.74) is 0.901. The molecule has 0 aromatic heterocycles. The van der Waals surface area contributed by atoms with Gasteiger partial charge in [0.2, 0.25) is 5.91 Å². The van der Waals surface area contributed by atoms with Crippen LogP contribution in [0.25, 0.3) is 0 Å². The van der Waals surface area contributed by atoms with E-state index in [-0.39, 0.29) is 23.8 Å². The van der Waals surface area contributed by atoms with Crippen molar-refractivity contribution in [2.45, 2.75) is 24.8 Å². The van der Waals surface area contributed by atoms with E-state index >= 15 is 0 Å². The number of benzene rings is 1. The zero-order chi connectivity index (χ0) is 18.8. The van der Waals surface area contributed by atoms with E-state index in [1.54, 1.807) is 19.2 Å². The maximum absolute atomic E-state index is 12.9.